The monoisotopic (exact) mass is 321 g/mol. The molecular weight excluding hydrogens is 310 g/mol. The van der Waals surface area contributed by atoms with E-state index in [9.17, 15) is 4.79 Å². The van der Waals surface area contributed by atoms with Crippen molar-refractivity contribution >= 4 is 21.9 Å². The van der Waals surface area contributed by atoms with Crippen molar-refractivity contribution in [1.82, 2.24) is 4.98 Å². The minimum Gasteiger partial charge on any atom is -0.492 e. The van der Waals surface area contributed by atoms with Crippen molar-refractivity contribution in [2.75, 3.05) is 6.61 Å². The van der Waals surface area contributed by atoms with Crippen molar-refractivity contribution in [3.8, 4) is 5.75 Å². The van der Waals surface area contributed by atoms with Gasteiger partial charge in [0.15, 0.2) is 0 Å². The summed E-state index contributed by atoms with van der Waals surface area (Å²) in [5.74, 6) is -0.430. The summed E-state index contributed by atoms with van der Waals surface area (Å²) in [5.41, 5.74) is 1.34. The van der Waals surface area contributed by atoms with Gasteiger partial charge in [0, 0.05) is 18.8 Å². The zero-order valence-electron chi connectivity index (χ0n) is 10.0. The van der Waals surface area contributed by atoms with Crippen LogP contribution in [-0.2, 0) is 6.42 Å². The van der Waals surface area contributed by atoms with Gasteiger partial charge < -0.3 is 9.84 Å². The molecule has 1 aromatic carbocycles. The fraction of sp³-hybridized carbons (Fsp3) is 0.143. The second-order valence-corrected chi connectivity index (χ2v) is 4.76. The van der Waals surface area contributed by atoms with Crippen LogP contribution in [0.1, 0.15) is 15.9 Å². The van der Waals surface area contributed by atoms with E-state index < -0.39 is 5.97 Å². The minimum absolute atomic E-state index is 0.210. The van der Waals surface area contributed by atoms with Gasteiger partial charge in [0.25, 0.3) is 0 Å². The Kier molecular flexibility index (Phi) is 4.52. The number of ether oxygens (including phenoxy) is 1. The van der Waals surface area contributed by atoms with E-state index in [1.54, 1.807) is 18.5 Å². The Bertz CT molecular complexity index is 572. The maximum Gasteiger partial charge on any atom is 0.335 e. The number of carbonyl (C=O) groups is 1. The Morgan fingerprint density at radius 2 is 2.00 bits per heavy atom. The van der Waals surface area contributed by atoms with E-state index >= 15 is 0 Å². The first kappa shape index (κ1) is 13.5. The Balaban J connectivity index is 1.99. The number of aromatic nitrogens is 1. The first-order chi connectivity index (χ1) is 9.16. The molecule has 0 fully saturated rings. The molecule has 1 N–H and O–H groups in total. The predicted octanol–water partition coefficient (Wildman–Crippen LogP) is 3.16. The van der Waals surface area contributed by atoms with Gasteiger partial charge in [0.1, 0.15) is 5.75 Å². The number of aromatic carboxylic acids is 1. The first-order valence-corrected chi connectivity index (χ1v) is 6.50. The van der Waals surface area contributed by atoms with Gasteiger partial charge in [-0.1, -0.05) is 0 Å². The van der Waals surface area contributed by atoms with Crippen molar-refractivity contribution in [3.63, 3.8) is 0 Å². The van der Waals surface area contributed by atoms with E-state index in [4.69, 9.17) is 9.84 Å². The Morgan fingerprint density at radius 1 is 1.26 bits per heavy atom. The van der Waals surface area contributed by atoms with E-state index in [-0.39, 0.29) is 5.56 Å². The second-order valence-electron chi connectivity index (χ2n) is 3.90. The van der Waals surface area contributed by atoms with Crippen LogP contribution in [0, 0.1) is 0 Å². The molecule has 4 nitrogen and oxygen atoms in total. The van der Waals surface area contributed by atoms with Gasteiger partial charge in [-0.15, -0.1) is 0 Å². The van der Waals surface area contributed by atoms with Crippen LogP contribution < -0.4 is 4.74 Å². The number of halogens is 1. The van der Waals surface area contributed by atoms with Crippen LogP contribution in [0.4, 0.5) is 0 Å². The zero-order chi connectivity index (χ0) is 13.7. The van der Waals surface area contributed by atoms with E-state index in [2.05, 4.69) is 20.9 Å². The molecule has 0 spiro atoms. The fourth-order valence-corrected chi connectivity index (χ4v) is 1.94. The number of hydrogen-bond donors (Lipinski definition) is 1. The van der Waals surface area contributed by atoms with Crippen molar-refractivity contribution in [1.29, 1.82) is 0 Å². The molecular formula is C14H12BrNO3. The van der Waals surface area contributed by atoms with Crippen molar-refractivity contribution in [2.45, 2.75) is 6.42 Å². The van der Waals surface area contributed by atoms with E-state index in [0.29, 0.717) is 12.4 Å². The molecule has 0 aliphatic carbocycles. The lowest BCUT2D eigenvalue weighted by atomic mass is 10.2. The smallest absolute Gasteiger partial charge is 0.335 e. The number of pyridine rings is 1. The van der Waals surface area contributed by atoms with Crippen LogP contribution in [0.2, 0.25) is 0 Å². The van der Waals surface area contributed by atoms with Gasteiger partial charge in [-0.05, 0) is 51.8 Å². The summed E-state index contributed by atoms with van der Waals surface area (Å²) in [4.78, 5) is 14.8. The lowest BCUT2D eigenvalue weighted by molar-refractivity contribution is 0.0696. The van der Waals surface area contributed by atoms with Crippen molar-refractivity contribution in [3.05, 3.63) is 58.3 Å². The van der Waals surface area contributed by atoms with E-state index in [1.165, 1.54) is 12.1 Å². The molecule has 0 unspecified atom stereocenters. The number of carboxylic acid groups (broad SMARTS) is 1. The molecule has 2 rings (SSSR count). The second kappa shape index (κ2) is 6.33. The molecule has 0 saturated heterocycles. The molecule has 0 aliphatic heterocycles. The quantitative estimate of drug-likeness (QED) is 0.918. The highest BCUT2D eigenvalue weighted by atomic mass is 79.9. The number of rotatable bonds is 5. The third-order valence-corrected chi connectivity index (χ3v) is 3.23. The van der Waals surface area contributed by atoms with Crippen LogP contribution in [0.5, 0.6) is 5.75 Å². The van der Waals surface area contributed by atoms with Crippen LogP contribution in [0.3, 0.4) is 0 Å². The molecule has 0 amide bonds. The summed E-state index contributed by atoms with van der Waals surface area (Å²) in [6, 6.07) is 8.56. The van der Waals surface area contributed by atoms with Crippen LogP contribution in [0.25, 0.3) is 0 Å². The summed E-state index contributed by atoms with van der Waals surface area (Å²) < 4.78 is 6.34. The van der Waals surface area contributed by atoms with E-state index in [1.807, 2.05) is 12.1 Å². The Morgan fingerprint density at radius 3 is 2.68 bits per heavy atom. The topological polar surface area (TPSA) is 59.4 Å². The summed E-state index contributed by atoms with van der Waals surface area (Å²) >= 11 is 3.34. The largest absolute Gasteiger partial charge is 0.492 e. The molecule has 0 bridgehead atoms. The average Bonchev–Trinajstić information content (AvgIpc) is 2.42. The molecule has 5 heteroatoms. The number of nitrogens with zero attached hydrogens (tertiary/aromatic N) is 1. The van der Waals surface area contributed by atoms with Gasteiger partial charge in [0.2, 0.25) is 0 Å². The minimum atomic E-state index is -0.966. The molecule has 19 heavy (non-hydrogen) atoms. The summed E-state index contributed by atoms with van der Waals surface area (Å²) in [6.45, 7) is 0.478. The van der Waals surface area contributed by atoms with Gasteiger partial charge in [-0.25, -0.2) is 4.79 Å². The maximum atomic E-state index is 10.9. The molecule has 2 aromatic rings. The van der Waals surface area contributed by atoms with Gasteiger partial charge >= 0.3 is 5.97 Å². The number of hydrogen-bond acceptors (Lipinski definition) is 3. The third kappa shape index (κ3) is 3.79. The zero-order valence-corrected chi connectivity index (χ0v) is 11.6. The van der Waals surface area contributed by atoms with Gasteiger partial charge in [-0.3, -0.25) is 4.98 Å². The normalized spacial score (nSPS) is 10.2. The summed E-state index contributed by atoms with van der Waals surface area (Å²) in [5, 5.41) is 8.93. The maximum absolute atomic E-state index is 10.9. The molecule has 1 heterocycles. The average molecular weight is 322 g/mol. The van der Waals surface area contributed by atoms with Gasteiger partial charge in [0.05, 0.1) is 16.6 Å². The lowest BCUT2D eigenvalue weighted by Gasteiger charge is -2.09. The van der Waals surface area contributed by atoms with Crippen LogP contribution >= 0.6 is 15.9 Å². The Labute approximate surface area is 119 Å². The van der Waals surface area contributed by atoms with Crippen molar-refractivity contribution < 1.29 is 14.6 Å². The van der Waals surface area contributed by atoms with Gasteiger partial charge in [-0.2, -0.15) is 0 Å². The highest BCUT2D eigenvalue weighted by Crippen LogP contribution is 2.26. The Hall–Kier alpha value is -1.88. The first-order valence-electron chi connectivity index (χ1n) is 5.71. The van der Waals surface area contributed by atoms with Crippen LogP contribution in [0.15, 0.2) is 47.2 Å². The SMILES string of the molecule is O=C(O)c1ccc(Br)c(OCCc2ccncc2)c1. The highest BCUT2D eigenvalue weighted by molar-refractivity contribution is 9.10. The summed E-state index contributed by atoms with van der Waals surface area (Å²) in [7, 11) is 0. The molecule has 0 aliphatic rings. The predicted molar refractivity (Wildman–Crippen MR) is 74.5 cm³/mol. The third-order valence-electron chi connectivity index (χ3n) is 2.58. The molecule has 0 saturated carbocycles. The molecule has 1 aromatic heterocycles. The van der Waals surface area contributed by atoms with Crippen LogP contribution in [-0.4, -0.2) is 22.7 Å². The number of carboxylic acids is 1. The number of benzene rings is 1. The highest BCUT2D eigenvalue weighted by Gasteiger charge is 2.07. The standard InChI is InChI=1S/C14H12BrNO3/c15-12-2-1-11(14(17)18)9-13(12)19-8-5-10-3-6-16-7-4-10/h1-4,6-7,9H,5,8H2,(H,17,18). The van der Waals surface area contributed by atoms with Crippen molar-refractivity contribution in [2.24, 2.45) is 0 Å². The van der Waals surface area contributed by atoms with E-state index in [0.717, 1.165) is 16.5 Å². The summed E-state index contributed by atoms with van der Waals surface area (Å²) in [6.07, 6.45) is 4.21. The molecule has 0 radical (unpaired) electrons. The molecule has 0 atom stereocenters. The molecule has 98 valence electrons. The lowest BCUT2D eigenvalue weighted by Crippen LogP contribution is -2.03. The fourth-order valence-electron chi connectivity index (χ4n) is 1.58.